The van der Waals surface area contributed by atoms with E-state index in [1.54, 1.807) is 10.9 Å². The molecule has 0 unspecified atom stereocenters. The largest absolute Gasteiger partial charge is 0.258 e. The number of rotatable bonds is 1. The lowest BCUT2D eigenvalue weighted by Gasteiger charge is -2.17. The molecule has 0 saturated carbocycles. The lowest BCUT2D eigenvalue weighted by Crippen LogP contribution is -2.13. The molecular weight excluding hydrogens is 186 g/mol. The maximum absolute atomic E-state index is 4.45. The highest BCUT2D eigenvalue weighted by molar-refractivity contribution is 5.30. The molecule has 0 aromatic carbocycles. The van der Waals surface area contributed by atoms with Gasteiger partial charge in [0, 0.05) is 23.5 Å². The summed E-state index contributed by atoms with van der Waals surface area (Å²) in [4.78, 5) is 4.45. The van der Waals surface area contributed by atoms with Crippen LogP contribution in [0.3, 0.4) is 0 Å². The minimum absolute atomic E-state index is 0.0998. The van der Waals surface area contributed by atoms with Crippen molar-refractivity contribution in [3.63, 3.8) is 0 Å². The second-order valence-electron chi connectivity index (χ2n) is 4.60. The van der Waals surface area contributed by atoms with Gasteiger partial charge in [-0.2, -0.15) is 5.10 Å². The van der Waals surface area contributed by atoms with E-state index in [4.69, 9.17) is 0 Å². The van der Waals surface area contributed by atoms with Gasteiger partial charge in [0.2, 0.25) is 0 Å². The van der Waals surface area contributed by atoms with Crippen LogP contribution in [0.5, 0.6) is 0 Å². The van der Waals surface area contributed by atoms with Gasteiger partial charge in [0.25, 0.3) is 0 Å². The number of hydrogen-bond acceptors (Lipinski definition) is 2. The van der Waals surface area contributed by atoms with Crippen LogP contribution in [-0.2, 0) is 5.41 Å². The smallest absolute Gasteiger partial charge is 0.0828 e. The summed E-state index contributed by atoms with van der Waals surface area (Å²) >= 11 is 0. The molecule has 15 heavy (non-hydrogen) atoms. The van der Waals surface area contributed by atoms with Gasteiger partial charge in [-0.05, 0) is 18.2 Å². The van der Waals surface area contributed by atoms with E-state index >= 15 is 0 Å². The van der Waals surface area contributed by atoms with E-state index in [-0.39, 0.29) is 5.41 Å². The Hall–Kier alpha value is -1.64. The zero-order valence-corrected chi connectivity index (χ0v) is 9.31. The van der Waals surface area contributed by atoms with Crippen LogP contribution in [0.4, 0.5) is 0 Å². The van der Waals surface area contributed by atoms with Gasteiger partial charge >= 0.3 is 0 Å². The SMILES string of the molecule is CC(C)(C)c1ccc(-n2cccn2)cn1. The normalized spacial score (nSPS) is 11.7. The van der Waals surface area contributed by atoms with Gasteiger partial charge in [-0.15, -0.1) is 0 Å². The quantitative estimate of drug-likeness (QED) is 0.710. The van der Waals surface area contributed by atoms with Crippen molar-refractivity contribution in [2.75, 3.05) is 0 Å². The number of aromatic nitrogens is 3. The first kappa shape index (κ1) is 9.90. The summed E-state index contributed by atoms with van der Waals surface area (Å²) in [6.45, 7) is 6.47. The van der Waals surface area contributed by atoms with E-state index in [1.807, 2.05) is 24.5 Å². The first-order chi connectivity index (χ1) is 7.07. The molecule has 3 nitrogen and oxygen atoms in total. The third kappa shape index (κ3) is 2.06. The molecule has 0 aliphatic rings. The van der Waals surface area contributed by atoms with Gasteiger partial charge in [0.15, 0.2) is 0 Å². The lowest BCUT2D eigenvalue weighted by atomic mass is 9.92. The van der Waals surface area contributed by atoms with Crippen molar-refractivity contribution < 1.29 is 0 Å². The predicted molar refractivity (Wildman–Crippen MR) is 60.1 cm³/mol. The lowest BCUT2D eigenvalue weighted by molar-refractivity contribution is 0.568. The Morgan fingerprint density at radius 3 is 2.47 bits per heavy atom. The van der Waals surface area contributed by atoms with Crippen molar-refractivity contribution in [1.82, 2.24) is 14.8 Å². The summed E-state index contributed by atoms with van der Waals surface area (Å²) < 4.78 is 1.80. The van der Waals surface area contributed by atoms with Crippen molar-refractivity contribution >= 4 is 0 Å². The molecule has 0 spiro atoms. The molecule has 0 atom stereocenters. The molecule has 0 aliphatic carbocycles. The Labute approximate surface area is 89.8 Å². The fourth-order valence-corrected chi connectivity index (χ4v) is 1.39. The zero-order valence-electron chi connectivity index (χ0n) is 9.31. The van der Waals surface area contributed by atoms with Gasteiger partial charge in [-0.3, -0.25) is 4.98 Å². The van der Waals surface area contributed by atoms with E-state index in [9.17, 15) is 0 Å². The summed E-state index contributed by atoms with van der Waals surface area (Å²) in [6.07, 6.45) is 5.53. The van der Waals surface area contributed by atoms with Crippen LogP contribution in [-0.4, -0.2) is 14.8 Å². The van der Waals surface area contributed by atoms with E-state index in [1.165, 1.54) is 0 Å². The van der Waals surface area contributed by atoms with Crippen LogP contribution >= 0.6 is 0 Å². The van der Waals surface area contributed by atoms with Crippen LogP contribution < -0.4 is 0 Å². The van der Waals surface area contributed by atoms with Crippen LogP contribution in [0.25, 0.3) is 5.69 Å². The highest BCUT2D eigenvalue weighted by Crippen LogP contribution is 2.20. The van der Waals surface area contributed by atoms with Gasteiger partial charge < -0.3 is 0 Å². The number of hydrogen-bond donors (Lipinski definition) is 0. The number of nitrogens with zero attached hydrogens (tertiary/aromatic N) is 3. The molecule has 0 N–H and O–H groups in total. The van der Waals surface area contributed by atoms with E-state index in [2.05, 4.69) is 36.9 Å². The standard InChI is InChI=1S/C12H15N3/c1-12(2,3)11-6-5-10(9-13-11)15-8-4-7-14-15/h4-9H,1-3H3. The second-order valence-corrected chi connectivity index (χ2v) is 4.60. The van der Waals surface area contributed by atoms with Crippen molar-refractivity contribution in [1.29, 1.82) is 0 Å². The topological polar surface area (TPSA) is 30.7 Å². The molecule has 0 fully saturated rings. The van der Waals surface area contributed by atoms with Crippen LogP contribution in [0.2, 0.25) is 0 Å². The fourth-order valence-electron chi connectivity index (χ4n) is 1.39. The maximum atomic E-state index is 4.45. The van der Waals surface area contributed by atoms with Crippen molar-refractivity contribution in [3.05, 3.63) is 42.5 Å². The van der Waals surface area contributed by atoms with Crippen molar-refractivity contribution in [3.8, 4) is 5.69 Å². The summed E-state index contributed by atoms with van der Waals surface area (Å²) in [5.41, 5.74) is 2.19. The van der Waals surface area contributed by atoms with Crippen LogP contribution in [0.15, 0.2) is 36.8 Å². The molecule has 2 rings (SSSR count). The predicted octanol–water partition coefficient (Wildman–Crippen LogP) is 2.56. The maximum Gasteiger partial charge on any atom is 0.0828 e. The van der Waals surface area contributed by atoms with Gasteiger partial charge in [0.1, 0.15) is 0 Å². The summed E-state index contributed by atoms with van der Waals surface area (Å²) in [5.74, 6) is 0. The first-order valence-electron chi connectivity index (χ1n) is 5.04. The Kier molecular flexibility index (Phi) is 2.31. The molecule has 0 aliphatic heterocycles. The van der Waals surface area contributed by atoms with Crippen LogP contribution in [0, 0.1) is 0 Å². The van der Waals surface area contributed by atoms with Gasteiger partial charge in [-0.1, -0.05) is 20.8 Å². The molecule has 0 amide bonds. The Morgan fingerprint density at radius 2 is 2.00 bits per heavy atom. The molecule has 0 radical (unpaired) electrons. The van der Waals surface area contributed by atoms with E-state index in [0.29, 0.717) is 0 Å². The second kappa shape index (κ2) is 3.50. The molecule has 0 bridgehead atoms. The molecule has 3 heteroatoms. The molecule has 78 valence electrons. The molecule has 2 heterocycles. The Bertz CT molecular complexity index is 421. The van der Waals surface area contributed by atoms with Gasteiger partial charge in [0.05, 0.1) is 11.9 Å². The van der Waals surface area contributed by atoms with Crippen LogP contribution in [0.1, 0.15) is 26.5 Å². The minimum atomic E-state index is 0.0998. The average molecular weight is 201 g/mol. The third-order valence-electron chi connectivity index (χ3n) is 2.29. The average Bonchev–Trinajstić information content (AvgIpc) is 2.69. The van der Waals surface area contributed by atoms with E-state index < -0.39 is 0 Å². The Morgan fingerprint density at radius 1 is 1.20 bits per heavy atom. The summed E-state index contributed by atoms with van der Waals surface area (Å²) in [5, 5.41) is 4.15. The monoisotopic (exact) mass is 201 g/mol. The molecule has 2 aromatic heterocycles. The minimum Gasteiger partial charge on any atom is -0.258 e. The summed E-state index contributed by atoms with van der Waals surface area (Å²) in [7, 11) is 0. The third-order valence-corrected chi connectivity index (χ3v) is 2.29. The first-order valence-corrected chi connectivity index (χ1v) is 5.04. The van der Waals surface area contributed by atoms with E-state index in [0.717, 1.165) is 11.4 Å². The summed E-state index contributed by atoms with van der Waals surface area (Å²) in [6, 6.07) is 6.00. The highest BCUT2D eigenvalue weighted by atomic mass is 15.3. The number of pyridine rings is 1. The zero-order chi connectivity index (χ0) is 10.9. The van der Waals surface area contributed by atoms with Crippen molar-refractivity contribution in [2.45, 2.75) is 26.2 Å². The highest BCUT2D eigenvalue weighted by Gasteiger charge is 2.14. The Balaban J connectivity index is 2.33. The van der Waals surface area contributed by atoms with Gasteiger partial charge in [-0.25, -0.2) is 4.68 Å². The molecule has 0 saturated heterocycles. The molecular formula is C12H15N3. The fraction of sp³-hybridized carbons (Fsp3) is 0.333. The van der Waals surface area contributed by atoms with Crippen molar-refractivity contribution in [2.24, 2.45) is 0 Å². The molecule has 2 aromatic rings.